The van der Waals surface area contributed by atoms with Crippen molar-refractivity contribution < 1.29 is 21.9 Å². The van der Waals surface area contributed by atoms with Gasteiger partial charge < -0.3 is 22.0 Å². The minimum Gasteiger partial charge on any atom is -0.449 e. The van der Waals surface area contributed by atoms with Crippen LogP contribution in [0.25, 0.3) is 0 Å². The molecule has 0 aromatic rings. The molecule has 0 saturated carbocycles. The van der Waals surface area contributed by atoms with Crippen LogP contribution in [0.4, 0.5) is 4.79 Å². The highest BCUT2D eigenvalue weighted by Gasteiger charge is 2.49. The maximum atomic E-state index is 12.3. The van der Waals surface area contributed by atoms with Crippen molar-refractivity contribution in [3.8, 4) is 0 Å². The molecule has 0 aromatic heterocycles. The summed E-state index contributed by atoms with van der Waals surface area (Å²) in [5.41, 5.74) is 0. The number of ether oxygens (including phenoxy) is 1. The summed E-state index contributed by atoms with van der Waals surface area (Å²) < 4.78 is 25.4. The zero-order valence-corrected chi connectivity index (χ0v) is 24.1. The fourth-order valence-electron chi connectivity index (χ4n) is 2.69. The third kappa shape index (κ3) is 14.2. The van der Waals surface area contributed by atoms with Gasteiger partial charge >= 0.3 is 14.9 Å². The van der Waals surface area contributed by atoms with Gasteiger partial charge in [-0.15, -0.1) is 13.2 Å². The van der Waals surface area contributed by atoms with Crippen molar-refractivity contribution in [2.75, 3.05) is 19.7 Å². The molecule has 0 fully saturated rings. The molecule has 0 aliphatic rings. The average molecular weight is 478 g/mol. The Morgan fingerprint density at radius 1 is 0.793 bits per heavy atom. The van der Waals surface area contributed by atoms with E-state index in [0.717, 1.165) is 0 Å². The SMILES string of the molecule is C=CCN(CC=C)C(=O)OCCC[Si](O[Si](C)(C)C)(O[Si](C)(C)C)O[Si](C)(C)C. The molecule has 0 aliphatic heterocycles. The number of carbonyl (C=O) groups excluding carboxylic acids is 1. The highest BCUT2D eigenvalue weighted by Crippen LogP contribution is 2.29. The monoisotopic (exact) mass is 477 g/mol. The molecule has 29 heavy (non-hydrogen) atoms. The lowest BCUT2D eigenvalue weighted by molar-refractivity contribution is 0.109. The van der Waals surface area contributed by atoms with E-state index in [1.54, 1.807) is 17.1 Å². The van der Waals surface area contributed by atoms with Gasteiger partial charge in [0.2, 0.25) is 0 Å². The van der Waals surface area contributed by atoms with Gasteiger partial charge in [0.25, 0.3) is 0 Å². The normalized spacial score (nSPS) is 13.1. The lowest BCUT2D eigenvalue weighted by Gasteiger charge is -2.42. The van der Waals surface area contributed by atoms with Crippen molar-refractivity contribution in [1.82, 2.24) is 4.90 Å². The van der Waals surface area contributed by atoms with Crippen molar-refractivity contribution in [2.45, 2.75) is 71.4 Å². The van der Waals surface area contributed by atoms with Crippen molar-refractivity contribution in [3.05, 3.63) is 25.3 Å². The summed E-state index contributed by atoms with van der Waals surface area (Å²) in [4.78, 5) is 13.8. The van der Waals surface area contributed by atoms with Crippen LogP contribution < -0.4 is 0 Å². The first-order chi connectivity index (χ1) is 13.0. The van der Waals surface area contributed by atoms with E-state index >= 15 is 0 Å². The Labute approximate surface area is 183 Å². The Bertz CT molecular complexity index is 487. The van der Waals surface area contributed by atoms with Gasteiger partial charge in [-0.05, 0) is 65.3 Å². The van der Waals surface area contributed by atoms with E-state index in [4.69, 9.17) is 17.1 Å². The predicted molar refractivity (Wildman–Crippen MR) is 132 cm³/mol. The average Bonchev–Trinajstić information content (AvgIpc) is 2.45. The second-order valence-corrected chi connectivity index (χ2v) is 27.0. The summed E-state index contributed by atoms with van der Waals surface area (Å²) >= 11 is 0. The molecule has 0 saturated heterocycles. The third-order valence-corrected chi connectivity index (χ3v) is 15.2. The maximum absolute atomic E-state index is 12.3. The minimum atomic E-state index is -2.88. The fourth-order valence-corrected chi connectivity index (χ4v) is 17.3. The molecule has 0 N–H and O–H groups in total. The predicted octanol–water partition coefficient (Wildman–Crippen LogP) is 5.68. The van der Waals surface area contributed by atoms with Crippen LogP contribution >= 0.6 is 0 Å². The van der Waals surface area contributed by atoms with E-state index in [-0.39, 0.29) is 6.09 Å². The first kappa shape index (κ1) is 28.5. The van der Waals surface area contributed by atoms with Crippen LogP contribution in [0.2, 0.25) is 65.0 Å². The van der Waals surface area contributed by atoms with Crippen molar-refractivity contribution in [1.29, 1.82) is 0 Å². The third-order valence-electron chi connectivity index (χ3n) is 3.20. The molecule has 0 bridgehead atoms. The van der Waals surface area contributed by atoms with Gasteiger partial charge in [-0.1, -0.05) is 12.2 Å². The van der Waals surface area contributed by atoms with Gasteiger partial charge in [0.15, 0.2) is 25.0 Å². The molecule has 0 atom stereocenters. The van der Waals surface area contributed by atoms with Crippen molar-refractivity contribution in [3.63, 3.8) is 0 Å². The summed E-state index contributed by atoms with van der Waals surface area (Å²) in [6.07, 6.45) is 3.63. The van der Waals surface area contributed by atoms with Crippen LogP contribution in [0.5, 0.6) is 0 Å². The Morgan fingerprint density at radius 3 is 1.48 bits per heavy atom. The molecule has 6 nitrogen and oxygen atoms in total. The number of rotatable bonds is 14. The van der Waals surface area contributed by atoms with Crippen LogP contribution in [0, 0.1) is 0 Å². The second kappa shape index (κ2) is 11.8. The van der Waals surface area contributed by atoms with Gasteiger partial charge in [-0.25, -0.2) is 4.79 Å². The van der Waals surface area contributed by atoms with Crippen LogP contribution in [0.3, 0.4) is 0 Å². The summed E-state index contributed by atoms with van der Waals surface area (Å²) in [5, 5.41) is 0. The van der Waals surface area contributed by atoms with E-state index < -0.39 is 33.8 Å². The number of hydrogen-bond donors (Lipinski definition) is 0. The summed E-state index contributed by atoms with van der Waals surface area (Å²) in [7, 11) is -8.57. The van der Waals surface area contributed by atoms with E-state index in [1.807, 2.05) is 0 Å². The highest BCUT2D eigenvalue weighted by molar-refractivity contribution is 6.90. The van der Waals surface area contributed by atoms with Crippen molar-refractivity contribution >= 4 is 39.8 Å². The molecule has 0 radical (unpaired) electrons. The molecular weight excluding hydrogens is 435 g/mol. The number of nitrogens with zero attached hydrogens (tertiary/aromatic N) is 1. The molecule has 0 spiro atoms. The molecule has 170 valence electrons. The number of carbonyl (C=O) groups is 1. The zero-order chi connectivity index (χ0) is 22.9. The first-order valence-corrected chi connectivity index (χ1v) is 22.4. The molecular formula is C19H43NO5Si4. The molecule has 10 heteroatoms. The first-order valence-electron chi connectivity index (χ1n) is 10.3. The van der Waals surface area contributed by atoms with Crippen LogP contribution in [0.15, 0.2) is 25.3 Å². The van der Waals surface area contributed by atoms with Crippen LogP contribution in [0.1, 0.15) is 6.42 Å². The van der Waals surface area contributed by atoms with Gasteiger partial charge in [-0.2, -0.15) is 0 Å². The molecule has 0 unspecified atom stereocenters. The molecule has 0 aromatic carbocycles. The van der Waals surface area contributed by atoms with Gasteiger partial charge in [-0.3, -0.25) is 0 Å². The highest BCUT2D eigenvalue weighted by atomic mass is 28.5. The van der Waals surface area contributed by atoms with Gasteiger partial charge in [0.1, 0.15) is 0 Å². The second-order valence-electron chi connectivity index (χ2n) is 10.0. The number of hydrogen-bond acceptors (Lipinski definition) is 5. The lowest BCUT2D eigenvalue weighted by Crippen LogP contribution is -2.60. The smallest absolute Gasteiger partial charge is 0.449 e. The largest absolute Gasteiger partial charge is 0.469 e. The Morgan fingerprint density at radius 2 is 1.17 bits per heavy atom. The molecule has 0 rings (SSSR count). The molecule has 0 aliphatic carbocycles. The Balaban J connectivity index is 5.26. The zero-order valence-electron chi connectivity index (χ0n) is 20.1. The van der Waals surface area contributed by atoms with Gasteiger partial charge in [0, 0.05) is 19.1 Å². The maximum Gasteiger partial charge on any atom is 0.469 e. The summed E-state index contributed by atoms with van der Waals surface area (Å²) in [6, 6.07) is 0.655. The topological polar surface area (TPSA) is 57.2 Å². The van der Waals surface area contributed by atoms with E-state index in [9.17, 15) is 4.79 Å². The molecule has 1 amide bonds. The van der Waals surface area contributed by atoms with Crippen LogP contribution in [-0.4, -0.2) is 64.4 Å². The van der Waals surface area contributed by atoms with Crippen LogP contribution in [-0.2, 0) is 17.1 Å². The molecule has 0 heterocycles. The fraction of sp³-hybridized carbons (Fsp3) is 0.737. The number of amides is 1. The Kier molecular flexibility index (Phi) is 11.6. The van der Waals surface area contributed by atoms with E-state index in [2.05, 4.69) is 72.1 Å². The quantitative estimate of drug-likeness (QED) is 0.183. The Hall–Kier alpha value is -0.502. The standard InChI is InChI=1S/C19H43NO5Si4/c1-12-15-20(16-13-2)19(21)22-17-14-18-29(23-26(3,4)5,24-27(6,7)8)25-28(9,10)11/h12-13H,1-2,14-18H2,3-11H3. The van der Waals surface area contributed by atoms with E-state index in [0.29, 0.717) is 32.2 Å². The minimum absolute atomic E-state index is 0.303. The van der Waals surface area contributed by atoms with E-state index in [1.165, 1.54) is 0 Å². The van der Waals surface area contributed by atoms with Gasteiger partial charge in [0.05, 0.1) is 6.61 Å². The van der Waals surface area contributed by atoms with Crippen molar-refractivity contribution in [2.24, 2.45) is 0 Å². The summed E-state index contributed by atoms with van der Waals surface area (Å²) in [6.45, 7) is 28.0. The summed E-state index contributed by atoms with van der Waals surface area (Å²) in [5.74, 6) is 0. The lowest BCUT2D eigenvalue weighted by atomic mass is 10.5.